The van der Waals surface area contributed by atoms with Crippen molar-refractivity contribution in [1.82, 2.24) is 30.0 Å². The molecule has 0 spiro atoms. The first-order valence-corrected chi connectivity index (χ1v) is 10.2. The summed E-state index contributed by atoms with van der Waals surface area (Å²) >= 11 is 1.44. The average Bonchev–Trinajstić information content (AvgIpc) is 3.21. The third-order valence-corrected chi connectivity index (χ3v) is 5.75. The number of hydrogen-bond donors (Lipinski definition) is 2. The lowest BCUT2D eigenvalue weighted by atomic mass is 10.0. The molecule has 4 aromatic rings. The van der Waals surface area contributed by atoms with Crippen LogP contribution in [0.4, 0.5) is 4.39 Å². The van der Waals surface area contributed by atoms with E-state index in [0.29, 0.717) is 17.5 Å². The molecule has 1 atom stereocenters. The number of fused-ring (bicyclic) bond motifs is 2. The summed E-state index contributed by atoms with van der Waals surface area (Å²) in [6, 6.07) is 12.1. The van der Waals surface area contributed by atoms with Gasteiger partial charge in [-0.2, -0.15) is 0 Å². The molecule has 0 saturated carbocycles. The Balaban J connectivity index is 1.57. The van der Waals surface area contributed by atoms with Gasteiger partial charge < -0.3 is 5.11 Å². The predicted octanol–water partition coefficient (Wildman–Crippen LogP) is 3.13. The number of nitrogens with one attached hydrogen (secondary N) is 1. The van der Waals surface area contributed by atoms with Crippen molar-refractivity contribution in [2.75, 3.05) is 13.2 Å². The van der Waals surface area contributed by atoms with Crippen LogP contribution in [0.3, 0.4) is 0 Å². The molecule has 1 aliphatic rings. The molecule has 150 valence electrons. The van der Waals surface area contributed by atoms with Gasteiger partial charge in [-0.25, -0.2) is 19.0 Å². The molecule has 0 aliphatic carbocycles. The first kappa shape index (κ1) is 18.9. The summed E-state index contributed by atoms with van der Waals surface area (Å²) in [6.07, 6.45) is 4.86. The van der Waals surface area contributed by atoms with Gasteiger partial charge in [-0.3, -0.25) is 10.3 Å². The van der Waals surface area contributed by atoms with Crippen LogP contribution < -0.4 is 5.32 Å². The Morgan fingerprint density at radius 1 is 1.10 bits per heavy atom. The highest BCUT2D eigenvalue weighted by molar-refractivity contribution is 7.99. The van der Waals surface area contributed by atoms with Crippen LogP contribution in [0.1, 0.15) is 11.7 Å². The molecule has 0 unspecified atom stereocenters. The second-order valence-corrected chi connectivity index (χ2v) is 7.67. The molecule has 9 heteroatoms. The van der Waals surface area contributed by atoms with Gasteiger partial charge in [0.25, 0.3) is 0 Å². The van der Waals surface area contributed by atoms with Crippen LogP contribution in [0.2, 0.25) is 0 Å². The van der Waals surface area contributed by atoms with Crippen molar-refractivity contribution in [3.8, 4) is 22.5 Å². The molecule has 0 fully saturated rings. The van der Waals surface area contributed by atoms with Crippen molar-refractivity contribution in [2.24, 2.45) is 0 Å². The number of aliphatic hydroxyl groups excluding tert-OH is 1. The maximum Gasteiger partial charge on any atom is 0.194 e. The van der Waals surface area contributed by atoms with Crippen molar-refractivity contribution in [3.63, 3.8) is 0 Å². The van der Waals surface area contributed by atoms with Crippen molar-refractivity contribution in [1.29, 1.82) is 0 Å². The molecule has 0 saturated heterocycles. The van der Waals surface area contributed by atoms with Crippen LogP contribution in [0.5, 0.6) is 0 Å². The van der Waals surface area contributed by atoms with E-state index in [-0.39, 0.29) is 18.6 Å². The largest absolute Gasteiger partial charge is 0.395 e. The quantitative estimate of drug-likeness (QED) is 0.513. The van der Waals surface area contributed by atoms with Crippen molar-refractivity contribution in [3.05, 3.63) is 72.4 Å². The monoisotopic (exact) mass is 420 g/mol. The Kier molecular flexibility index (Phi) is 4.99. The summed E-state index contributed by atoms with van der Waals surface area (Å²) < 4.78 is 15.1. The summed E-state index contributed by atoms with van der Waals surface area (Å²) in [5, 5.41) is 18.9. The molecule has 0 bridgehead atoms. The van der Waals surface area contributed by atoms with Gasteiger partial charge in [0.1, 0.15) is 17.0 Å². The normalized spacial score (nSPS) is 14.9. The second kappa shape index (κ2) is 7.94. The van der Waals surface area contributed by atoms with Crippen LogP contribution in [-0.2, 0) is 0 Å². The molecular formula is C21H17FN6OS. The van der Waals surface area contributed by atoms with Crippen LogP contribution in [-0.4, -0.2) is 43.0 Å². The molecular weight excluding hydrogens is 403 g/mol. The van der Waals surface area contributed by atoms with Gasteiger partial charge in [0.15, 0.2) is 11.0 Å². The zero-order chi connectivity index (χ0) is 20.5. The maximum absolute atomic E-state index is 13.3. The molecule has 0 amide bonds. The number of hydrogen-bond acceptors (Lipinski definition) is 7. The molecule has 1 aliphatic heterocycles. The van der Waals surface area contributed by atoms with Crippen LogP contribution in [0.15, 0.2) is 71.2 Å². The third kappa shape index (κ3) is 3.47. The summed E-state index contributed by atoms with van der Waals surface area (Å²) in [4.78, 5) is 13.4. The van der Waals surface area contributed by atoms with Crippen LogP contribution in [0, 0.1) is 5.82 Å². The van der Waals surface area contributed by atoms with Gasteiger partial charge in [0, 0.05) is 41.8 Å². The maximum atomic E-state index is 13.3. The van der Waals surface area contributed by atoms with Crippen LogP contribution >= 0.6 is 11.8 Å². The number of rotatable bonds is 5. The van der Waals surface area contributed by atoms with E-state index in [1.807, 2.05) is 18.2 Å². The topological polar surface area (TPSA) is 88.8 Å². The Labute approximate surface area is 176 Å². The van der Waals surface area contributed by atoms with E-state index in [1.54, 1.807) is 35.4 Å². The van der Waals surface area contributed by atoms with E-state index in [1.165, 1.54) is 23.9 Å². The van der Waals surface area contributed by atoms with Gasteiger partial charge in [0.05, 0.1) is 6.61 Å². The van der Waals surface area contributed by atoms with Gasteiger partial charge in [-0.05, 0) is 47.7 Å². The number of aliphatic hydroxyl groups is 1. The SMILES string of the molecule is OCCN[C@H]1c2cc(-c3ccc(F)cc3)cnc2Sc2nc(-c3cccnc3)nn21. The second-order valence-electron chi connectivity index (χ2n) is 6.71. The first-order valence-electron chi connectivity index (χ1n) is 9.38. The lowest BCUT2D eigenvalue weighted by Gasteiger charge is -2.26. The Bertz CT molecular complexity index is 1180. The summed E-state index contributed by atoms with van der Waals surface area (Å²) in [5.41, 5.74) is 3.49. The van der Waals surface area contributed by atoms with Gasteiger partial charge in [0.2, 0.25) is 0 Å². The van der Waals surface area contributed by atoms with E-state index >= 15 is 0 Å². The van der Waals surface area contributed by atoms with Crippen LogP contribution in [0.25, 0.3) is 22.5 Å². The molecule has 1 aromatic carbocycles. The van der Waals surface area contributed by atoms with E-state index in [9.17, 15) is 9.50 Å². The average molecular weight is 420 g/mol. The summed E-state index contributed by atoms with van der Waals surface area (Å²) in [7, 11) is 0. The lowest BCUT2D eigenvalue weighted by molar-refractivity contribution is 0.271. The zero-order valence-corrected chi connectivity index (χ0v) is 16.6. The first-order chi connectivity index (χ1) is 14.7. The molecule has 3 aromatic heterocycles. The number of benzene rings is 1. The minimum atomic E-state index is -0.339. The highest BCUT2D eigenvalue weighted by atomic mass is 32.2. The standard InChI is InChI=1S/C21H17FN6OS/c22-16-5-3-13(4-6-16)15-10-17-19(24-8-9-29)28-21(30-20(17)25-12-15)26-18(27-28)14-2-1-7-23-11-14/h1-7,10-12,19,24,29H,8-9H2/t19-/m1/s1. The van der Waals surface area contributed by atoms with E-state index in [4.69, 9.17) is 5.10 Å². The fourth-order valence-corrected chi connectivity index (χ4v) is 4.27. The van der Waals surface area contributed by atoms with Crippen molar-refractivity contribution < 1.29 is 9.50 Å². The van der Waals surface area contributed by atoms with Gasteiger partial charge in [-0.1, -0.05) is 12.1 Å². The Morgan fingerprint density at radius 2 is 1.97 bits per heavy atom. The molecule has 4 heterocycles. The molecule has 5 rings (SSSR count). The van der Waals surface area contributed by atoms with E-state index < -0.39 is 0 Å². The Hall–Kier alpha value is -3.14. The highest BCUT2D eigenvalue weighted by Crippen LogP contribution is 2.40. The summed E-state index contributed by atoms with van der Waals surface area (Å²) in [6.45, 7) is 0.376. The van der Waals surface area contributed by atoms with Gasteiger partial charge in [-0.15, -0.1) is 5.10 Å². The minimum Gasteiger partial charge on any atom is -0.395 e. The lowest BCUT2D eigenvalue weighted by Crippen LogP contribution is -2.33. The number of pyridine rings is 2. The fraction of sp³-hybridized carbons (Fsp3) is 0.143. The minimum absolute atomic E-state index is 0.0104. The van der Waals surface area contributed by atoms with Gasteiger partial charge >= 0.3 is 0 Å². The summed E-state index contributed by atoms with van der Waals surface area (Å²) in [5.74, 6) is 0.297. The van der Waals surface area contributed by atoms with E-state index in [0.717, 1.165) is 27.3 Å². The Morgan fingerprint density at radius 3 is 2.73 bits per heavy atom. The van der Waals surface area contributed by atoms with E-state index in [2.05, 4.69) is 20.3 Å². The highest BCUT2D eigenvalue weighted by Gasteiger charge is 2.30. The molecule has 7 nitrogen and oxygen atoms in total. The molecule has 2 N–H and O–H groups in total. The number of aromatic nitrogens is 5. The molecule has 0 radical (unpaired) electrons. The van der Waals surface area contributed by atoms with Crippen molar-refractivity contribution in [2.45, 2.75) is 16.3 Å². The predicted molar refractivity (Wildman–Crippen MR) is 110 cm³/mol. The smallest absolute Gasteiger partial charge is 0.194 e. The number of nitrogens with zero attached hydrogens (tertiary/aromatic N) is 5. The fourth-order valence-electron chi connectivity index (χ4n) is 3.33. The number of halogens is 1. The third-order valence-electron chi connectivity index (χ3n) is 4.75. The zero-order valence-electron chi connectivity index (χ0n) is 15.7. The molecule has 30 heavy (non-hydrogen) atoms. The van der Waals surface area contributed by atoms with Crippen molar-refractivity contribution >= 4 is 11.8 Å².